The van der Waals surface area contributed by atoms with Gasteiger partial charge in [0.1, 0.15) is 28.8 Å². The van der Waals surface area contributed by atoms with Crippen LogP contribution < -0.4 is 24.3 Å². The minimum Gasteiger partial charge on any atom is -0.497 e. The Labute approximate surface area is 172 Å². The van der Waals surface area contributed by atoms with Crippen LogP contribution >= 0.6 is 0 Å². The van der Waals surface area contributed by atoms with E-state index >= 15 is 0 Å². The molecule has 1 aliphatic heterocycles. The van der Waals surface area contributed by atoms with Gasteiger partial charge in [-0.1, -0.05) is 26.0 Å². The van der Waals surface area contributed by atoms with Gasteiger partial charge >= 0.3 is 0 Å². The van der Waals surface area contributed by atoms with E-state index in [4.69, 9.17) is 18.9 Å². The van der Waals surface area contributed by atoms with E-state index in [0.29, 0.717) is 23.0 Å². The fourth-order valence-electron chi connectivity index (χ4n) is 4.09. The summed E-state index contributed by atoms with van der Waals surface area (Å²) < 4.78 is 21.8. The molecular formula is C23H29NO5. The van der Waals surface area contributed by atoms with Crippen molar-refractivity contribution in [2.45, 2.75) is 25.9 Å². The Morgan fingerprint density at radius 2 is 1.10 bits per heavy atom. The maximum atomic E-state index is 13.2. The zero-order valence-electron chi connectivity index (χ0n) is 17.8. The Balaban J connectivity index is 2.03. The highest BCUT2D eigenvalue weighted by Crippen LogP contribution is 2.44. The molecule has 0 amide bonds. The molecule has 156 valence electrons. The lowest BCUT2D eigenvalue weighted by molar-refractivity contribution is -0.130. The van der Waals surface area contributed by atoms with Gasteiger partial charge < -0.3 is 24.3 Å². The van der Waals surface area contributed by atoms with E-state index in [0.717, 1.165) is 11.1 Å². The summed E-state index contributed by atoms with van der Waals surface area (Å²) in [4.78, 5) is 13.2. The molecular weight excluding hydrogens is 370 g/mol. The maximum Gasteiger partial charge on any atom is 0.142 e. The smallest absolute Gasteiger partial charge is 0.142 e. The van der Waals surface area contributed by atoms with E-state index in [9.17, 15) is 4.79 Å². The lowest BCUT2D eigenvalue weighted by Gasteiger charge is -2.40. The fourth-order valence-corrected chi connectivity index (χ4v) is 4.09. The Kier molecular flexibility index (Phi) is 6.33. The Morgan fingerprint density at radius 1 is 0.690 bits per heavy atom. The van der Waals surface area contributed by atoms with E-state index in [2.05, 4.69) is 5.32 Å². The number of methoxy groups -OCH3 is 4. The number of hydrogen-bond acceptors (Lipinski definition) is 6. The molecule has 0 saturated carbocycles. The Bertz CT molecular complexity index is 812. The molecule has 1 fully saturated rings. The predicted octanol–water partition coefficient (Wildman–Crippen LogP) is 3.95. The molecule has 29 heavy (non-hydrogen) atoms. The van der Waals surface area contributed by atoms with Crippen molar-refractivity contribution in [3.05, 3.63) is 47.5 Å². The molecule has 1 saturated heterocycles. The van der Waals surface area contributed by atoms with E-state index < -0.39 is 0 Å². The zero-order chi connectivity index (χ0) is 21.1. The predicted molar refractivity (Wildman–Crippen MR) is 111 cm³/mol. The first-order valence-electron chi connectivity index (χ1n) is 9.68. The van der Waals surface area contributed by atoms with E-state index in [-0.39, 0.29) is 29.7 Å². The third kappa shape index (κ3) is 3.90. The van der Waals surface area contributed by atoms with Crippen molar-refractivity contribution in [2.75, 3.05) is 28.4 Å². The SMILES string of the molecule is COc1ccc([C@@H]2N[C@@H](c3ccc(OC)cc3OC)[C@@H](C)C(=O)[C@H]2C)c(OC)c1. The second-order valence-corrected chi connectivity index (χ2v) is 7.32. The number of piperidine rings is 1. The van der Waals surface area contributed by atoms with Crippen LogP contribution in [0.5, 0.6) is 23.0 Å². The number of ether oxygens (including phenoxy) is 4. The number of hydrogen-bond donors (Lipinski definition) is 1. The van der Waals surface area contributed by atoms with Gasteiger partial charge in [-0.05, 0) is 12.1 Å². The van der Waals surface area contributed by atoms with Crippen LogP contribution in [0.25, 0.3) is 0 Å². The second kappa shape index (κ2) is 8.74. The summed E-state index contributed by atoms with van der Waals surface area (Å²) in [5, 5.41) is 3.68. The monoisotopic (exact) mass is 399 g/mol. The highest BCUT2D eigenvalue weighted by Gasteiger charge is 2.42. The van der Waals surface area contributed by atoms with Crippen LogP contribution in [0.15, 0.2) is 36.4 Å². The number of benzene rings is 2. The molecule has 0 radical (unpaired) electrons. The molecule has 2 aromatic rings. The van der Waals surface area contributed by atoms with E-state index in [1.54, 1.807) is 28.4 Å². The first-order chi connectivity index (χ1) is 13.9. The highest BCUT2D eigenvalue weighted by atomic mass is 16.5. The van der Waals surface area contributed by atoms with Crippen LogP contribution in [-0.4, -0.2) is 34.2 Å². The maximum absolute atomic E-state index is 13.2. The molecule has 3 rings (SSSR count). The lowest BCUT2D eigenvalue weighted by atomic mass is 9.76. The van der Waals surface area contributed by atoms with Crippen LogP contribution in [0.3, 0.4) is 0 Å². The van der Waals surface area contributed by atoms with Gasteiger partial charge in [0.2, 0.25) is 0 Å². The number of carbonyl (C=O) groups is 1. The number of rotatable bonds is 6. The molecule has 1 N–H and O–H groups in total. The van der Waals surface area contributed by atoms with Crippen molar-refractivity contribution >= 4 is 5.78 Å². The van der Waals surface area contributed by atoms with Crippen LogP contribution in [0, 0.1) is 11.8 Å². The summed E-state index contributed by atoms with van der Waals surface area (Å²) in [6, 6.07) is 11.0. The summed E-state index contributed by atoms with van der Waals surface area (Å²) in [7, 11) is 6.49. The molecule has 0 unspecified atom stereocenters. The molecule has 1 aliphatic rings. The van der Waals surface area contributed by atoms with Gasteiger partial charge in [0.05, 0.1) is 28.4 Å². The molecule has 2 aromatic carbocycles. The van der Waals surface area contributed by atoms with Crippen molar-refractivity contribution in [3.63, 3.8) is 0 Å². The Hall–Kier alpha value is -2.73. The van der Waals surface area contributed by atoms with Crippen LogP contribution in [0.2, 0.25) is 0 Å². The first kappa shape index (κ1) is 21.0. The molecule has 0 bridgehead atoms. The largest absolute Gasteiger partial charge is 0.497 e. The summed E-state index contributed by atoms with van der Waals surface area (Å²) in [5.41, 5.74) is 1.86. The third-order valence-electron chi connectivity index (χ3n) is 5.81. The topological polar surface area (TPSA) is 66.0 Å². The van der Waals surface area contributed by atoms with Crippen LogP contribution in [-0.2, 0) is 4.79 Å². The van der Waals surface area contributed by atoms with Crippen molar-refractivity contribution in [3.8, 4) is 23.0 Å². The molecule has 6 heteroatoms. The average Bonchev–Trinajstić information content (AvgIpc) is 2.77. The number of ketones is 1. The fraction of sp³-hybridized carbons (Fsp3) is 0.435. The summed E-state index contributed by atoms with van der Waals surface area (Å²) in [6.07, 6.45) is 0. The van der Waals surface area contributed by atoms with Crippen molar-refractivity contribution in [1.29, 1.82) is 0 Å². The molecule has 0 aliphatic carbocycles. The number of carbonyl (C=O) groups excluding carboxylic acids is 1. The van der Waals surface area contributed by atoms with Gasteiger partial charge in [-0.3, -0.25) is 4.79 Å². The minimum atomic E-state index is -0.201. The molecule has 1 heterocycles. The summed E-state index contributed by atoms with van der Waals surface area (Å²) in [6.45, 7) is 3.92. The second-order valence-electron chi connectivity index (χ2n) is 7.32. The van der Waals surface area contributed by atoms with Gasteiger partial charge in [0, 0.05) is 47.2 Å². The van der Waals surface area contributed by atoms with E-state index in [1.807, 2.05) is 50.2 Å². The molecule has 0 spiro atoms. The standard InChI is InChI=1S/C23H29NO5/c1-13-21(17-9-7-15(26-3)11-19(17)28-5)24-22(14(2)23(13)25)18-10-8-16(27-4)12-20(18)29-6/h7-14,21-22,24H,1-6H3/t13-,14+,21-,22-/m1/s1. The van der Waals surface area contributed by atoms with Crippen molar-refractivity contribution in [1.82, 2.24) is 5.32 Å². The van der Waals surface area contributed by atoms with Gasteiger partial charge in [-0.15, -0.1) is 0 Å². The van der Waals surface area contributed by atoms with Crippen LogP contribution in [0.1, 0.15) is 37.1 Å². The summed E-state index contributed by atoms with van der Waals surface area (Å²) in [5.74, 6) is 2.60. The lowest BCUT2D eigenvalue weighted by Crippen LogP contribution is -2.46. The first-order valence-corrected chi connectivity index (χ1v) is 9.68. The van der Waals surface area contributed by atoms with Gasteiger partial charge in [0.25, 0.3) is 0 Å². The Morgan fingerprint density at radius 3 is 1.45 bits per heavy atom. The molecule has 4 atom stereocenters. The minimum absolute atomic E-state index is 0.198. The number of Topliss-reactive ketones (excluding diaryl/α,β-unsaturated/α-hetero) is 1. The van der Waals surface area contributed by atoms with Gasteiger partial charge in [-0.25, -0.2) is 0 Å². The quantitative estimate of drug-likeness (QED) is 0.794. The highest BCUT2D eigenvalue weighted by molar-refractivity contribution is 5.86. The van der Waals surface area contributed by atoms with Gasteiger partial charge in [-0.2, -0.15) is 0 Å². The average molecular weight is 399 g/mol. The van der Waals surface area contributed by atoms with Gasteiger partial charge in [0.15, 0.2) is 0 Å². The third-order valence-corrected chi connectivity index (χ3v) is 5.81. The summed E-state index contributed by atoms with van der Waals surface area (Å²) >= 11 is 0. The van der Waals surface area contributed by atoms with Crippen molar-refractivity contribution < 1.29 is 23.7 Å². The number of nitrogens with one attached hydrogen (secondary N) is 1. The van der Waals surface area contributed by atoms with Crippen LogP contribution in [0.4, 0.5) is 0 Å². The normalized spacial score (nSPS) is 24.1. The molecule has 6 nitrogen and oxygen atoms in total. The van der Waals surface area contributed by atoms with Crippen molar-refractivity contribution in [2.24, 2.45) is 11.8 Å². The zero-order valence-corrected chi connectivity index (χ0v) is 17.8. The molecule has 0 aromatic heterocycles. The van der Waals surface area contributed by atoms with E-state index in [1.165, 1.54) is 0 Å².